The fourth-order valence-electron chi connectivity index (χ4n) is 7.64. The predicted octanol–water partition coefficient (Wildman–Crippen LogP) is 12.5. The van der Waals surface area contributed by atoms with E-state index in [9.17, 15) is 0 Å². The van der Waals surface area contributed by atoms with E-state index < -0.39 is 0 Å². The molecule has 2 heterocycles. The van der Waals surface area contributed by atoms with E-state index in [4.69, 9.17) is 4.74 Å². The van der Waals surface area contributed by atoms with Crippen molar-refractivity contribution in [3.05, 3.63) is 224 Å². The smallest absolute Gasteiger partial charge is 0.268 e. The first-order chi connectivity index (χ1) is 29.2. The van der Waals surface area contributed by atoms with E-state index in [-0.39, 0.29) is 21.1 Å². The summed E-state index contributed by atoms with van der Waals surface area (Å²) in [6.45, 7) is 1.99. The average Bonchev–Trinajstić information content (AvgIpc) is 3.69. The van der Waals surface area contributed by atoms with Crippen molar-refractivity contribution in [2.24, 2.45) is 0 Å². The Morgan fingerprint density at radius 1 is 0.483 bits per heavy atom. The summed E-state index contributed by atoms with van der Waals surface area (Å²) in [7, 11) is 0. The van der Waals surface area contributed by atoms with E-state index in [2.05, 4.69) is 183 Å². The van der Waals surface area contributed by atoms with Crippen molar-refractivity contribution in [3.63, 3.8) is 0 Å². The molecule has 0 unspecified atom stereocenters. The molecule has 0 N–H and O–H groups in total. The molecule has 0 radical (unpaired) electrons. The van der Waals surface area contributed by atoms with Crippen LogP contribution in [0.5, 0.6) is 11.5 Å². The van der Waals surface area contributed by atoms with Crippen LogP contribution in [0.2, 0.25) is 0 Å². The van der Waals surface area contributed by atoms with E-state index in [1.54, 1.807) is 0 Å². The molecule has 0 aliphatic rings. The van der Waals surface area contributed by atoms with E-state index in [0.717, 1.165) is 67.0 Å². The third kappa shape index (κ3) is 7.59. The topological polar surface area (TPSA) is 43.8 Å². The quantitative estimate of drug-likeness (QED) is 0.107. The Hall–Kier alpha value is -7.20. The predicted molar refractivity (Wildman–Crippen MR) is 235 cm³/mol. The molecule has 10 rings (SSSR count). The first kappa shape index (κ1) is 38.3. The molecule has 10 aromatic rings. The van der Waals surface area contributed by atoms with Gasteiger partial charge in [-0.3, -0.25) is 4.57 Å². The van der Waals surface area contributed by atoms with Gasteiger partial charge in [-0.05, 0) is 57.1 Å². The summed E-state index contributed by atoms with van der Waals surface area (Å²) in [5.74, 6) is 1.10. The zero-order valence-electron chi connectivity index (χ0n) is 32.6. The van der Waals surface area contributed by atoms with Gasteiger partial charge in [0.25, 0.3) is 6.33 Å². The van der Waals surface area contributed by atoms with Gasteiger partial charge in [-0.2, -0.15) is 17.2 Å². The largest absolute Gasteiger partial charge is 0.503 e. The summed E-state index contributed by atoms with van der Waals surface area (Å²) in [5, 5.41) is 9.09. The Bertz CT molecular complexity index is 3020. The summed E-state index contributed by atoms with van der Waals surface area (Å²) in [5.41, 5.74) is 15.1. The minimum absolute atomic E-state index is 0. The Balaban J connectivity index is 0.00000462. The fourth-order valence-corrected chi connectivity index (χ4v) is 7.64. The normalized spacial score (nSPS) is 10.9. The van der Waals surface area contributed by atoms with Crippen LogP contribution in [0.1, 0.15) is 5.69 Å². The molecule has 0 aliphatic carbocycles. The van der Waals surface area contributed by atoms with Crippen molar-refractivity contribution in [1.29, 1.82) is 0 Å². The van der Waals surface area contributed by atoms with Crippen molar-refractivity contribution < 1.29 is 30.4 Å². The minimum Gasteiger partial charge on any atom is -0.503 e. The van der Waals surface area contributed by atoms with Crippen molar-refractivity contribution in [2.75, 3.05) is 0 Å². The molecule has 6 heteroatoms. The first-order valence-electron chi connectivity index (χ1n) is 19.6. The van der Waals surface area contributed by atoms with Crippen molar-refractivity contribution in [1.82, 2.24) is 14.8 Å². The molecule has 0 saturated carbocycles. The van der Waals surface area contributed by atoms with Crippen LogP contribution in [0.15, 0.2) is 200 Å². The standard InChI is InChI=1S/C54H36N4O.Pt/c1-38-50(43-32-30-40(31-33-43)39-16-5-2-6-17-39)36-51(56-55-38)44-22-13-24-46(34-44)59-47-25-14-23-45(35-47)57-37-58(53-29-12-11-28-52(53)57)54-48(41-18-7-3-8-19-41)26-15-27-49(54)42-20-9-4-10-21-42;/h2-33,36H,1H3;/q-2;. The van der Waals surface area contributed by atoms with Crippen LogP contribution in [-0.4, -0.2) is 14.8 Å². The summed E-state index contributed by atoms with van der Waals surface area (Å²) >= 11 is 0. The van der Waals surface area contributed by atoms with Crippen LogP contribution in [0.3, 0.4) is 0 Å². The number of aromatic nitrogens is 4. The molecule has 0 atom stereocenters. The number of fused-ring (bicyclic) bond motifs is 1. The molecular formula is C54H36N4OPt-2. The molecule has 8 aromatic carbocycles. The zero-order chi connectivity index (χ0) is 39.5. The van der Waals surface area contributed by atoms with Crippen molar-refractivity contribution in [2.45, 2.75) is 6.92 Å². The van der Waals surface area contributed by atoms with Crippen LogP contribution < -0.4 is 9.30 Å². The van der Waals surface area contributed by atoms with Crippen LogP contribution >= 0.6 is 0 Å². The van der Waals surface area contributed by atoms with Gasteiger partial charge in [-0.1, -0.05) is 170 Å². The van der Waals surface area contributed by atoms with Crippen LogP contribution in [0, 0.1) is 25.4 Å². The molecule has 60 heavy (non-hydrogen) atoms. The molecule has 290 valence electrons. The second kappa shape index (κ2) is 17.0. The van der Waals surface area contributed by atoms with Gasteiger partial charge in [-0.25, -0.2) is 5.10 Å². The second-order valence-electron chi connectivity index (χ2n) is 14.3. The Morgan fingerprint density at radius 3 is 1.70 bits per heavy atom. The van der Waals surface area contributed by atoms with E-state index in [1.807, 2.05) is 61.5 Å². The second-order valence-corrected chi connectivity index (χ2v) is 14.3. The van der Waals surface area contributed by atoms with Crippen molar-refractivity contribution in [3.8, 4) is 78.6 Å². The zero-order valence-corrected chi connectivity index (χ0v) is 34.8. The van der Waals surface area contributed by atoms with Gasteiger partial charge in [0.1, 0.15) is 0 Å². The molecule has 0 saturated heterocycles. The van der Waals surface area contributed by atoms with E-state index >= 15 is 0 Å². The monoisotopic (exact) mass is 951 g/mol. The van der Waals surface area contributed by atoms with Gasteiger partial charge in [0.2, 0.25) is 0 Å². The SMILES string of the molecule is Cc1nnc(-c2[c-]c(Oc3[c-]c(-n4[c-][n+](-c5c(-c6ccccc6)cccc5-c5ccccc5)c5ccccc54)ccc3)ccc2)cc1-c1ccc(-c2ccccc2)cc1.[Pt]. The van der Waals surface area contributed by atoms with Gasteiger partial charge in [0.15, 0.2) is 0 Å². The van der Waals surface area contributed by atoms with Gasteiger partial charge < -0.3 is 9.30 Å². The number of para-hydroxylation sites is 3. The summed E-state index contributed by atoms with van der Waals surface area (Å²) < 4.78 is 10.7. The maximum absolute atomic E-state index is 6.46. The molecule has 0 aliphatic heterocycles. The molecule has 2 aromatic heterocycles. The molecule has 5 nitrogen and oxygen atoms in total. The van der Waals surface area contributed by atoms with Gasteiger partial charge in [-0.15, -0.1) is 35.9 Å². The Kier molecular flexibility index (Phi) is 10.8. The van der Waals surface area contributed by atoms with Crippen molar-refractivity contribution >= 4 is 11.0 Å². The van der Waals surface area contributed by atoms with Gasteiger partial charge in [0.05, 0.1) is 22.4 Å². The maximum Gasteiger partial charge on any atom is 0.268 e. The number of hydrogen-bond acceptors (Lipinski definition) is 3. The fraction of sp³-hybridized carbons (Fsp3) is 0.0185. The molecule has 0 fully saturated rings. The number of imidazole rings is 1. The number of benzene rings is 8. The average molecular weight is 952 g/mol. The maximum atomic E-state index is 6.46. The number of nitrogens with zero attached hydrogens (tertiary/aromatic N) is 4. The third-order valence-corrected chi connectivity index (χ3v) is 10.5. The van der Waals surface area contributed by atoms with Crippen LogP contribution in [-0.2, 0) is 21.1 Å². The van der Waals surface area contributed by atoms with Crippen LogP contribution in [0.25, 0.3) is 78.2 Å². The summed E-state index contributed by atoms with van der Waals surface area (Å²) in [4.78, 5) is 0. The number of rotatable bonds is 9. The molecular weight excluding hydrogens is 916 g/mol. The summed E-state index contributed by atoms with van der Waals surface area (Å²) in [6.07, 6.45) is 3.72. The molecule has 0 spiro atoms. The number of ether oxygens (including phenoxy) is 1. The third-order valence-electron chi connectivity index (χ3n) is 10.5. The first-order valence-corrected chi connectivity index (χ1v) is 19.6. The number of aryl methyl sites for hydroxylation is 1. The summed E-state index contributed by atoms with van der Waals surface area (Å²) in [6, 6.07) is 75.6. The minimum atomic E-state index is 0. The number of hydrogen-bond donors (Lipinski definition) is 0. The van der Waals surface area contributed by atoms with Gasteiger partial charge >= 0.3 is 0 Å². The molecule has 0 amide bonds. The van der Waals surface area contributed by atoms with E-state index in [0.29, 0.717) is 17.2 Å². The van der Waals surface area contributed by atoms with Crippen LogP contribution in [0.4, 0.5) is 0 Å². The van der Waals surface area contributed by atoms with E-state index in [1.165, 1.54) is 11.1 Å². The molecule has 0 bridgehead atoms. The van der Waals surface area contributed by atoms with Gasteiger partial charge in [0, 0.05) is 38.3 Å². The Morgan fingerprint density at radius 2 is 1.02 bits per heavy atom. The Labute approximate surface area is 364 Å².